The van der Waals surface area contributed by atoms with Gasteiger partial charge in [-0.2, -0.15) is 4.98 Å². The smallest absolute Gasteiger partial charge is 0.239 e. The van der Waals surface area contributed by atoms with Crippen LogP contribution in [0.3, 0.4) is 0 Å². The van der Waals surface area contributed by atoms with Gasteiger partial charge in [0.25, 0.3) is 0 Å². The number of aromatic nitrogens is 2. The van der Waals surface area contributed by atoms with Crippen LogP contribution in [0.5, 0.6) is 5.88 Å². The standard InChI is InChI=1S/C12H18BrN5O2/c1-8(14)11(19)17-3-5-18(6-4-17)12-15-7-9(13)10(16-12)20-2/h7-8H,3-6,14H2,1-2H3. The van der Waals surface area contributed by atoms with E-state index in [0.717, 1.165) is 4.47 Å². The molecule has 0 saturated carbocycles. The van der Waals surface area contributed by atoms with Crippen LogP contribution in [0.2, 0.25) is 0 Å². The van der Waals surface area contributed by atoms with Crippen LogP contribution in [0.4, 0.5) is 5.95 Å². The van der Waals surface area contributed by atoms with E-state index in [4.69, 9.17) is 10.5 Å². The molecule has 1 atom stereocenters. The van der Waals surface area contributed by atoms with Gasteiger partial charge in [0.15, 0.2) is 0 Å². The maximum absolute atomic E-state index is 11.8. The van der Waals surface area contributed by atoms with Gasteiger partial charge in [-0.05, 0) is 22.9 Å². The van der Waals surface area contributed by atoms with E-state index in [-0.39, 0.29) is 5.91 Å². The van der Waals surface area contributed by atoms with E-state index >= 15 is 0 Å². The first kappa shape index (κ1) is 15.0. The van der Waals surface area contributed by atoms with E-state index < -0.39 is 6.04 Å². The predicted octanol–water partition coefficient (Wildman–Crippen LogP) is 0.243. The van der Waals surface area contributed by atoms with Crippen molar-refractivity contribution in [2.75, 3.05) is 38.2 Å². The van der Waals surface area contributed by atoms with E-state index in [1.165, 1.54) is 0 Å². The fourth-order valence-electron chi connectivity index (χ4n) is 2.05. The first-order chi connectivity index (χ1) is 9.52. The van der Waals surface area contributed by atoms with Crippen molar-refractivity contribution in [2.24, 2.45) is 5.73 Å². The van der Waals surface area contributed by atoms with Gasteiger partial charge in [0.1, 0.15) is 0 Å². The van der Waals surface area contributed by atoms with Crippen molar-refractivity contribution >= 4 is 27.8 Å². The highest BCUT2D eigenvalue weighted by Gasteiger charge is 2.24. The number of hydrogen-bond donors (Lipinski definition) is 1. The van der Waals surface area contributed by atoms with E-state index in [0.29, 0.717) is 38.0 Å². The Bertz CT molecular complexity index is 489. The van der Waals surface area contributed by atoms with Crippen molar-refractivity contribution in [3.8, 4) is 5.88 Å². The molecule has 0 spiro atoms. The maximum atomic E-state index is 11.8. The Balaban J connectivity index is 2.02. The summed E-state index contributed by atoms with van der Waals surface area (Å²) in [5.41, 5.74) is 5.62. The van der Waals surface area contributed by atoms with Crippen molar-refractivity contribution in [3.05, 3.63) is 10.7 Å². The minimum absolute atomic E-state index is 0.0149. The molecule has 0 aromatic carbocycles. The Hall–Kier alpha value is -1.41. The Morgan fingerprint density at radius 1 is 1.45 bits per heavy atom. The fourth-order valence-corrected chi connectivity index (χ4v) is 2.41. The summed E-state index contributed by atoms with van der Waals surface area (Å²) in [6.07, 6.45) is 1.67. The molecule has 8 heteroatoms. The normalized spacial score (nSPS) is 17.0. The number of carbonyl (C=O) groups excluding carboxylic acids is 1. The zero-order chi connectivity index (χ0) is 14.7. The van der Waals surface area contributed by atoms with Gasteiger partial charge in [-0.1, -0.05) is 0 Å². The number of amides is 1. The summed E-state index contributed by atoms with van der Waals surface area (Å²) in [6.45, 7) is 4.33. The summed E-state index contributed by atoms with van der Waals surface area (Å²) in [7, 11) is 1.57. The van der Waals surface area contributed by atoms with Gasteiger partial charge >= 0.3 is 0 Å². The molecule has 20 heavy (non-hydrogen) atoms. The van der Waals surface area contributed by atoms with Crippen LogP contribution < -0.4 is 15.4 Å². The van der Waals surface area contributed by atoms with E-state index in [1.54, 1.807) is 25.1 Å². The second-order valence-electron chi connectivity index (χ2n) is 4.63. The number of piperazine rings is 1. The Labute approximate surface area is 126 Å². The van der Waals surface area contributed by atoms with Gasteiger partial charge in [0.2, 0.25) is 17.7 Å². The van der Waals surface area contributed by atoms with Crippen LogP contribution in [-0.4, -0.2) is 60.1 Å². The van der Waals surface area contributed by atoms with Crippen LogP contribution >= 0.6 is 15.9 Å². The quantitative estimate of drug-likeness (QED) is 0.846. The average molecular weight is 344 g/mol. The van der Waals surface area contributed by atoms with Gasteiger partial charge in [-0.25, -0.2) is 4.98 Å². The molecule has 0 bridgehead atoms. The number of carbonyl (C=O) groups is 1. The molecular weight excluding hydrogens is 326 g/mol. The monoisotopic (exact) mass is 343 g/mol. The second kappa shape index (κ2) is 6.36. The molecule has 2 heterocycles. The summed E-state index contributed by atoms with van der Waals surface area (Å²) >= 11 is 3.32. The third kappa shape index (κ3) is 3.18. The number of hydrogen-bond acceptors (Lipinski definition) is 6. The molecule has 2 N–H and O–H groups in total. The topological polar surface area (TPSA) is 84.6 Å². The Morgan fingerprint density at radius 2 is 2.10 bits per heavy atom. The molecule has 1 aromatic heterocycles. The molecule has 1 unspecified atom stereocenters. The van der Waals surface area contributed by atoms with Crippen molar-refractivity contribution in [1.29, 1.82) is 0 Å². The first-order valence-electron chi connectivity index (χ1n) is 6.38. The zero-order valence-corrected chi connectivity index (χ0v) is 13.1. The van der Waals surface area contributed by atoms with Crippen LogP contribution in [0.15, 0.2) is 10.7 Å². The number of halogens is 1. The second-order valence-corrected chi connectivity index (χ2v) is 5.48. The lowest BCUT2D eigenvalue weighted by molar-refractivity contribution is -0.132. The molecule has 7 nitrogen and oxygen atoms in total. The molecule has 110 valence electrons. The summed E-state index contributed by atoms with van der Waals surface area (Å²) in [5, 5.41) is 0. The molecule has 1 aliphatic rings. The SMILES string of the molecule is COc1nc(N2CCN(C(=O)C(C)N)CC2)ncc1Br. The molecular formula is C12H18BrN5O2. The maximum Gasteiger partial charge on any atom is 0.239 e. The lowest BCUT2D eigenvalue weighted by Crippen LogP contribution is -2.52. The highest BCUT2D eigenvalue weighted by Crippen LogP contribution is 2.23. The number of ether oxygens (including phenoxy) is 1. The summed E-state index contributed by atoms with van der Waals surface area (Å²) in [5.74, 6) is 1.10. The number of nitrogens with two attached hydrogens (primary N) is 1. The highest BCUT2D eigenvalue weighted by molar-refractivity contribution is 9.10. The van der Waals surface area contributed by atoms with Gasteiger partial charge in [-0.15, -0.1) is 0 Å². The Morgan fingerprint density at radius 3 is 2.65 bits per heavy atom. The third-order valence-electron chi connectivity index (χ3n) is 3.16. The number of anilines is 1. The van der Waals surface area contributed by atoms with Crippen LogP contribution in [0, 0.1) is 0 Å². The van der Waals surface area contributed by atoms with Crippen molar-refractivity contribution in [3.63, 3.8) is 0 Å². The summed E-state index contributed by atoms with van der Waals surface area (Å²) in [4.78, 5) is 24.2. The average Bonchev–Trinajstić information content (AvgIpc) is 2.47. The third-order valence-corrected chi connectivity index (χ3v) is 3.70. The largest absolute Gasteiger partial charge is 0.480 e. The van der Waals surface area contributed by atoms with Gasteiger partial charge in [0.05, 0.1) is 23.8 Å². The van der Waals surface area contributed by atoms with Crippen molar-refractivity contribution in [1.82, 2.24) is 14.9 Å². The van der Waals surface area contributed by atoms with Crippen molar-refractivity contribution in [2.45, 2.75) is 13.0 Å². The van der Waals surface area contributed by atoms with Gasteiger partial charge in [-0.3, -0.25) is 4.79 Å². The van der Waals surface area contributed by atoms with Crippen LogP contribution in [0.25, 0.3) is 0 Å². The molecule has 1 aliphatic heterocycles. The molecule has 2 rings (SSSR count). The molecule has 1 saturated heterocycles. The Kier molecular flexibility index (Phi) is 4.77. The highest BCUT2D eigenvalue weighted by atomic mass is 79.9. The number of nitrogens with zero attached hydrogens (tertiary/aromatic N) is 4. The summed E-state index contributed by atoms with van der Waals surface area (Å²) in [6, 6.07) is -0.453. The molecule has 0 radical (unpaired) electrons. The van der Waals surface area contributed by atoms with Gasteiger partial charge < -0.3 is 20.3 Å². The molecule has 0 aliphatic carbocycles. The molecule has 1 aromatic rings. The predicted molar refractivity (Wildman–Crippen MR) is 78.7 cm³/mol. The lowest BCUT2D eigenvalue weighted by atomic mass is 10.2. The van der Waals surface area contributed by atoms with E-state index in [2.05, 4.69) is 25.9 Å². The van der Waals surface area contributed by atoms with E-state index in [9.17, 15) is 4.79 Å². The summed E-state index contributed by atoms with van der Waals surface area (Å²) < 4.78 is 5.88. The molecule has 1 fully saturated rings. The zero-order valence-electron chi connectivity index (χ0n) is 11.5. The lowest BCUT2D eigenvalue weighted by Gasteiger charge is -2.35. The minimum atomic E-state index is -0.453. The first-order valence-corrected chi connectivity index (χ1v) is 7.18. The number of rotatable bonds is 3. The van der Waals surface area contributed by atoms with Crippen LogP contribution in [-0.2, 0) is 4.79 Å². The van der Waals surface area contributed by atoms with Gasteiger partial charge in [0, 0.05) is 26.2 Å². The van der Waals surface area contributed by atoms with Crippen molar-refractivity contribution < 1.29 is 9.53 Å². The fraction of sp³-hybridized carbons (Fsp3) is 0.583. The molecule has 1 amide bonds. The van der Waals surface area contributed by atoms with Crippen LogP contribution in [0.1, 0.15) is 6.92 Å². The van der Waals surface area contributed by atoms with E-state index in [1.807, 2.05) is 4.90 Å². The number of methoxy groups -OCH3 is 1. The minimum Gasteiger partial charge on any atom is -0.480 e.